The van der Waals surface area contributed by atoms with E-state index in [1.54, 1.807) is 11.8 Å². The number of thioether (sulfide) groups is 1. The fraction of sp³-hybridized carbons (Fsp3) is 0.474. The molecule has 1 aromatic carbocycles. The van der Waals surface area contributed by atoms with Crippen molar-refractivity contribution in [1.82, 2.24) is 10.5 Å². The van der Waals surface area contributed by atoms with Crippen LogP contribution in [0.25, 0.3) is 0 Å². The van der Waals surface area contributed by atoms with Crippen LogP contribution < -0.4 is 5.32 Å². The number of nitrogens with one attached hydrogen (secondary N) is 1. The van der Waals surface area contributed by atoms with Gasteiger partial charge in [0.05, 0.1) is 30.7 Å². The molecule has 0 bridgehead atoms. The van der Waals surface area contributed by atoms with Crippen LogP contribution in [-0.2, 0) is 21.7 Å². The van der Waals surface area contributed by atoms with E-state index in [9.17, 15) is 4.79 Å². The zero-order chi connectivity index (χ0) is 17.6. The van der Waals surface area contributed by atoms with Crippen LogP contribution in [0.5, 0.6) is 0 Å². The summed E-state index contributed by atoms with van der Waals surface area (Å²) in [5.41, 5.74) is 3.42. The Labute approximate surface area is 152 Å². The van der Waals surface area contributed by atoms with Crippen molar-refractivity contribution in [3.8, 4) is 0 Å². The van der Waals surface area contributed by atoms with Crippen LogP contribution in [0.4, 0.5) is 0 Å². The van der Waals surface area contributed by atoms with Crippen molar-refractivity contribution in [2.24, 2.45) is 5.92 Å². The molecule has 0 unspecified atom stereocenters. The van der Waals surface area contributed by atoms with Gasteiger partial charge in [-0.05, 0) is 25.0 Å². The zero-order valence-corrected chi connectivity index (χ0v) is 15.5. The number of rotatable bonds is 7. The SMILES string of the molecule is Cc1cc(C[C@@H]2COC[C@@H]2NC(=O)CSCc2ccccc2C)on1. The Morgan fingerprint density at radius 1 is 1.32 bits per heavy atom. The molecule has 5 nitrogen and oxygen atoms in total. The summed E-state index contributed by atoms with van der Waals surface area (Å²) in [6.45, 7) is 5.21. The van der Waals surface area contributed by atoms with Crippen LogP contribution in [0.1, 0.15) is 22.6 Å². The molecule has 1 aromatic heterocycles. The molecule has 0 aliphatic carbocycles. The highest BCUT2D eigenvalue weighted by molar-refractivity contribution is 7.99. The Morgan fingerprint density at radius 2 is 2.16 bits per heavy atom. The second kappa shape index (κ2) is 8.54. The van der Waals surface area contributed by atoms with Crippen molar-refractivity contribution < 1.29 is 14.1 Å². The minimum atomic E-state index is 0.0389. The summed E-state index contributed by atoms with van der Waals surface area (Å²) in [5.74, 6) is 2.45. The molecule has 134 valence electrons. The highest BCUT2D eigenvalue weighted by Crippen LogP contribution is 2.20. The fourth-order valence-corrected chi connectivity index (χ4v) is 3.92. The Balaban J connectivity index is 1.44. The Kier molecular flexibility index (Phi) is 6.15. The second-order valence-corrected chi connectivity index (χ2v) is 7.52. The third-order valence-electron chi connectivity index (χ3n) is 4.44. The topological polar surface area (TPSA) is 64.4 Å². The number of carbonyl (C=O) groups is 1. The standard InChI is InChI=1S/C19H24N2O3S/c1-13-5-3-4-6-15(13)11-25-12-19(22)20-18-10-23-9-16(18)8-17-7-14(2)21-24-17/h3-7,16,18H,8-12H2,1-2H3,(H,20,22)/t16-,18+/m1/s1. The summed E-state index contributed by atoms with van der Waals surface area (Å²) in [5, 5.41) is 7.02. The number of aryl methyl sites for hydroxylation is 2. The van der Waals surface area contributed by atoms with E-state index in [1.807, 2.05) is 25.1 Å². The molecule has 1 aliphatic heterocycles. The fourth-order valence-electron chi connectivity index (χ4n) is 3.00. The molecule has 2 aromatic rings. The molecule has 2 heterocycles. The molecule has 1 N–H and O–H groups in total. The summed E-state index contributed by atoms with van der Waals surface area (Å²) in [6, 6.07) is 10.3. The molecule has 1 aliphatic rings. The molecular formula is C19H24N2O3S. The Morgan fingerprint density at radius 3 is 2.92 bits per heavy atom. The Bertz CT molecular complexity index is 716. The number of amides is 1. The predicted octanol–water partition coefficient (Wildman–Crippen LogP) is 2.90. The van der Waals surface area contributed by atoms with Crippen LogP contribution >= 0.6 is 11.8 Å². The van der Waals surface area contributed by atoms with Crippen molar-refractivity contribution in [2.75, 3.05) is 19.0 Å². The van der Waals surface area contributed by atoms with Gasteiger partial charge in [0.25, 0.3) is 0 Å². The first-order valence-corrected chi connectivity index (χ1v) is 9.69. The average Bonchev–Trinajstić information content (AvgIpc) is 3.19. The van der Waals surface area contributed by atoms with Crippen molar-refractivity contribution in [2.45, 2.75) is 32.1 Å². The van der Waals surface area contributed by atoms with Gasteiger partial charge >= 0.3 is 0 Å². The molecule has 6 heteroatoms. The number of carbonyl (C=O) groups excluding carboxylic acids is 1. The lowest BCUT2D eigenvalue weighted by molar-refractivity contribution is -0.119. The molecule has 0 radical (unpaired) electrons. The molecule has 0 saturated carbocycles. The van der Waals surface area contributed by atoms with E-state index in [0.717, 1.165) is 23.6 Å². The third-order valence-corrected chi connectivity index (χ3v) is 5.42. The summed E-state index contributed by atoms with van der Waals surface area (Å²) in [4.78, 5) is 12.3. The molecule has 2 atom stereocenters. The summed E-state index contributed by atoms with van der Waals surface area (Å²) in [7, 11) is 0. The predicted molar refractivity (Wildman–Crippen MR) is 98.5 cm³/mol. The lowest BCUT2D eigenvalue weighted by Crippen LogP contribution is -2.41. The minimum Gasteiger partial charge on any atom is -0.379 e. The van der Waals surface area contributed by atoms with Gasteiger partial charge < -0.3 is 14.6 Å². The molecule has 3 rings (SSSR count). The lowest BCUT2D eigenvalue weighted by Gasteiger charge is -2.18. The Hall–Kier alpha value is -1.79. The first-order chi connectivity index (χ1) is 12.1. The van der Waals surface area contributed by atoms with Gasteiger partial charge in [0, 0.05) is 24.2 Å². The van der Waals surface area contributed by atoms with Crippen molar-refractivity contribution >= 4 is 17.7 Å². The first kappa shape index (κ1) is 18.0. The van der Waals surface area contributed by atoms with Gasteiger partial charge in [-0.2, -0.15) is 0 Å². The van der Waals surface area contributed by atoms with E-state index in [1.165, 1.54) is 11.1 Å². The molecule has 1 amide bonds. The molecule has 1 fully saturated rings. The number of benzene rings is 1. The molecular weight excluding hydrogens is 336 g/mol. The zero-order valence-electron chi connectivity index (χ0n) is 14.7. The maximum atomic E-state index is 12.3. The highest BCUT2D eigenvalue weighted by atomic mass is 32.2. The largest absolute Gasteiger partial charge is 0.379 e. The highest BCUT2D eigenvalue weighted by Gasteiger charge is 2.30. The van der Waals surface area contributed by atoms with Gasteiger partial charge in [-0.15, -0.1) is 11.8 Å². The maximum absolute atomic E-state index is 12.3. The van der Waals surface area contributed by atoms with E-state index in [4.69, 9.17) is 9.26 Å². The normalized spacial score (nSPS) is 19.9. The lowest BCUT2D eigenvalue weighted by atomic mass is 9.98. The quantitative estimate of drug-likeness (QED) is 0.822. The number of aromatic nitrogens is 1. The number of nitrogens with zero attached hydrogens (tertiary/aromatic N) is 1. The van der Waals surface area contributed by atoms with Gasteiger partial charge in [-0.3, -0.25) is 4.79 Å². The van der Waals surface area contributed by atoms with Crippen molar-refractivity contribution in [3.63, 3.8) is 0 Å². The second-order valence-electron chi connectivity index (χ2n) is 6.53. The summed E-state index contributed by atoms with van der Waals surface area (Å²) in [6.07, 6.45) is 0.738. The van der Waals surface area contributed by atoms with Crippen LogP contribution in [0, 0.1) is 19.8 Å². The smallest absolute Gasteiger partial charge is 0.230 e. The van der Waals surface area contributed by atoms with E-state index in [-0.39, 0.29) is 17.9 Å². The van der Waals surface area contributed by atoms with Gasteiger partial charge in [0.1, 0.15) is 5.76 Å². The average molecular weight is 360 g/mol. The van der Waals surface area contributed by atoms with Crippen LogP contribution in [0.2, 0.25) is 0 Å². The third kappa shape index (κ3) is 5.09. The van der Waals surface area contributed by atoms with Gasteiger partial charge in [-0.1, -0.05) is 29.4 Å². The van der Waals surface area contributed by atoms with E-state index in [0.29, 0.717) is 19.0 Å². The van der Waals surface area contributed by atoms with Gasteiger partial charge in [0.15, 0.2) is 0 Å². The minimum absolute atomic E-state index is 0.0389. The van der Waals surface area contributed by atoms with Crippen molar-refractivity contribution in [1.29, 1.82) is 0 Å². The van der Waals surface area contributed by atoms with Gasteiger partial charge in [0.2, 0.25) is 5.91 Å². The summed E-state index contributed by atoms with van der Waals surface area (Å²) < 4.78 is 10.8. The number of ether oxygens (including phenoxy) is 1. The van der Waals surface area contributed by atoms with E-state index < -0.39 is 0 Å². The van der Waals surface area contributed by atoms with Crippen LogP contribution in [0.3, 0.4) is 0 Å². The molecule has 0 spiro atoms. The molecule has 1 saturated heterocycles. The van der Waals surface area contributed by atoms with Gasteiger partial charge in [-0.25, -0.2) is 0 Å². The first-order valence-electron chi connectivity index (χ1n) is 8.53. The maximum Gasteiger partial charge on any atom is 0.230 e. The number of hydrogen-bond donors (Lipinski definition) is 1. The molecule has 25 heavy (non-hydrogen) atoms. The van der Waals surface area contributed by atoms with Crippen molar-refractivity contribution in [3.05, 3.63) is 52.9 Å². The van der Waals surface area contributed by atoms with E-state index in [2.05, 4.69) is 29.5 Å². The summed E-state index contributed by atoms with van der Waals surface area (Å²) >= 11 is 1.64. The van der Waals surface area contributed by atoms with Crippen LogP contribution in [0.15, 0.2) is 34.9 Å². The van der Waals surface area contributed by atoms with Crippen LogP contribution in [-0.4, -0.2) is 36.1 Å². The monoisotopic (exact) mass is 360 g/mol. The number of hydrogen-bond acceptors (Lipinski definition) is 5. The van der Waals surface area contributed by atoms with E-state index >= 15 is 0 Å².